The SMILES string of the molecule is CCCCC(CCCCCCCCCCCCCC(C)O)S(=O)(=O)[O-].[K+]. The molecular weight excluding hydrogens is 375 g/mol. The largest absolute Gasteiger partial charge is 1.00 e. The molecule has 0 saturated heterocycles. The predicted octanol–water partition coefficient (Wildman–Crippen LogP) is 2.55. The molecule has 2 unspecified atom stereocenters. The van der Waals surface area contributed by atoms with Gasteiger partial charge in [-0.1, -0.05) is 90.4 Å². The van der Waals surface area contributed by atoms with Gasteiger partial charge in [0, 0.05) is 5.25 Å². The van der Waals surface area contributed by atoms with E-state index in [0.29, 0.717) is 12.8 Å². The summed E-state index contributed by atoms with van der Waals surface area (Å²) in [5.74, 6) is 0. The zero-order valence-corrected chi connectivity index (χ0v) is 21.5. The molecule has 6 heteroatoms. The van der Waals surface area contributed by atoms with Gasteiger partial charge in [-0.15, -0.1) is 0 Å². The van der Waals surface area contributed by atoms with Crippen molar-refractivity contribution >= 4 is 10.1 Å². The van der Waals surface area contributed by atoms with Crippen LogP contribution < -0.4 is 51.4 Å². The minimum absolute atomic E-state index is 0. The standard InChI is InChI=1S/C20H42O4S.K/c1-3-4-17-20(25(22,23)24)18-15-13-11-9-7-5-6-8-10-12-14-16-19(2)21;/h19-21H,3-18H2,1-2H3,(H,22,23,24);/q;+1/p-1. The van der Waals surface area contributed by atoms with Crippen LogP contribution in [0.2, 0.25) is 0 Å². The Morgan fingerprint density at radius 2 is 1.08 bits per heavy atom. The third kappa shape index (κ3) is 20.2. The maximum absolute atomic E-state index is 11.2. The predicted molar refractivity (Wildman–Crippen MR) is 105 cm³/mol. The summed E-state index contributed by atoms with van der Waals surface area (Å²) >= 11 is 0. The Labute approximate surface area is 205 Å². The van der Waals surface area contributed by atoms with Gasteiger partial charge in [-0.2, -0.15) is 0 Å². The Hall–Kier alpha value is 1.51. The first kappa shape index (κ1) is 29.7. The molecule has 0 heterocycles. The van der Waals surface area contributed by atoms with Crippen LogP contribution in [0.15, 0.2) is 0 Å². The fourth-order valence-corrected chi connectivity index (χ4v) is 4.18. The summed E-state index contributed by atoms with van der Waals surface area (Å²) in [5, 5.41) is 8.51. The van der Waals surface area contributed by atoms with Crippen molar-refractivity contribution in [1.82, 2.24) is 0 Å². The van der Waals surface area contributed by atoms with Crippen LogP contribution in [0, 0.1) is 0 Å². The van der Waals surface area contributed by atoms with Gasteiger partial charge in [0.25, 0.3) is 0 Å². The van der Waals surface area contributed by atoms with E-state index in [2.05, 4.69) is 0 Å². The van der Waals surface area contributed by atoms with Crippen molar-refractivity contribution in [3.8, 4) is 0 Å². The van der Waals surface area contributed by atoms with E-state index < -0.39 is 15.4 Å². The summed E-state index contributed by atoms with van der Waals surface area (Å²) in [6, 6.07) is 0. The first-order chi connectivity index (χ1) is 11.9. The summed E-state index contributed by atoms with van der Waals surface area (Å²) < 4.78 is 33.7. The zero-order valence-electron chi connectivity index (χ0n) is 17.5. The van der Waals surface area contributed by atoms with Crippen molar-refractivity contribution in [3.05, 3.63) is 0 Å². The third-order valence-electron chi connectivity index (χ3n) is 4.94. The molecule has 0 fully saturated rings. The molecule has 0 amide bonds. The van der Waals surface area contributed by atoms with Crippen molar-refractivity contribution in [2.75, 3.05) is 0 Å². The molecule has 0 spiro atoms. The summed E-state index contributed by atoms with van der Waals surface area (Å²) in [4.78, 5) is 0. The number of aliphatic hydroxyl groups is 1. The van der Waals surface area contributed by atoms with Gasteiger partial charge in [0.05, 0.1) is 16.2 Å². The second kappa shape index (κ2) is 19.8. The third-order valence-corrected chi connectivity index (χ3v) is 6.22. The van der Waals surface area contributed by atoms with Gasteiger partial charge < -0.3 is 9.66 Å². The molecule has 0 saturated carbocycles. The van der Waals surface area contributed by atoms with Gasteiger partial charge >= 0.3 is 51.4 Å². The Balaban J connectivity index is 0. The fourth-order valence-electron chi connectivity index (χ4n) is 3.27. The van der Waals surface area contributed by atoms with Crippen LogP contribution in [0.3, 0.4) is 0 Å². The second-order valence-corrected chi connectivity index (χ2v) is 9.22. The molecular formula is C20H41KO4S. The van der Waals surface area contributed by atoms with Crippen molar-refractivity contribution in [2.24, 2.45) is 0 Å². The quantitative estimate of drug-likeness (QED) is 0.212. The molecule has 0 aromatic rings. The Bertz CT molecular complexity index is 385. The van der Waals surface area contributed by atoms with Crippen LogP contribution in [0.5, 0.6) is 0 Å². The zero-order chi connectivity index (χ0) is 19.0. The molecule has 2 atom stereocenters. The number of aliphatic hydroxyl groups excluding tert-OH is 1. The van der Waals surface area contributed by atoms with Crippen LogP contribution >= 0.6 is 0 Å². The maximum Gasteiger partial charge on any atom is 1.00 e. The monoisotopic (exact) mass is 416 g/mol. The van der Waals surface area contributed by atoms with E-state index >= 15 is 0 Å². The van der Waals surface area contributed by atoms with Crippen molar-refractivity contribution in [1.29, 1.82) is 0 Å². The number of rotatable bonds is 18. The van der Waals surface area contributed by atoms with E-state index in [-0.39, 0.29) is 57.5 Å². The van der Waals surface area contributed by atoms with E-state index in [1.54, 1.807) is 0 Å². The minimum Gasteiger partial charge on any atom is -0.748 e. The number of unbranched alkanes of at least 4 members (excludes halogenated alkanes) is 11. The van der Waals surface area contributed by atoms with Crippen LogP contribution in [-0.4, -0.2) is 29.4 Å². The molecule has 152 valence electrons. The summed E-state index contributed by atoms with van der Waals surface area (Å²) in [5.41, 5.74) is 0. The van der Waals surface area contributed by atoms with E-state index in [4.69, 9.17) is 0 Å². The van der Waals surface area contributed by atoms with E-state index in [9.17, 15) is 18.1 Å². The minimum atomic E-state index is -4.12. The smallest absolute Gasteiger partial charge is 0.748 e. The second-order valence-electron chi connectivity index (χ2n) is 7.57. The molecule has 4 nitrogen and oxygen atoms in total. The Kier molecular flexibility index (Phi) is 22.6. The molecule has 0 aromatic carbocycles. The van der Waals surface area contributed by atoms with Gasteiger partial charge in [0.15, 0.2) is 0 Å². The van der Waals surface area contributed by atoms with Crippen LogP contribution in [-0.2, 0) is 10.1 Å². The average molecular weight is 417 g/mol. The first-order valence-corrected chi connectivity index (χ1v) is 12.0. The van der Waals surface area contributed by atoms with Gasteiger partial charge in [-0.25, -0.2) is 8.42 Å². The fraction of sp³-hybridized carbons (Fsp3) is 1.00. The van der Waals surface area contributed by atoms with Gasteiger partial charge in [-0.05, 0) is 26.2 Å². The van der Waals surface area contributed by atoms with Gasteiger partial charge in [-0.3, -0.25) is 0 Å². The molecule has 0 aliphatic carbocycles. The normalized spacial score (nSPS) is 14.0. The van der Waals surface area contributed by atoms with E-state index in [1.165, 1.54) is 44.9 Å². The summed E-state index contributed by atoms with van der Waals surface area (Å²) in [7, 11) is -4.12. The maximum atomic E-state index is 11.2. The first-order valence-electron chi connectivity index (χ1n) is 10.5. The number of hydrogen-bond donors (Lipinski definition) is 1. The molecule has 0 rings (SSSR count). The van der Waals surface area contributed by atoms with Crippen molar-refractivity contribution in [3.63, 3.8) is 0 Å². The molecule has 0 bridgehead atoms. The van der Waals surface area contributed by atoms with Crippen LogP contribution in [0.25, 0.3) is 0 Å². The van der Waals surface area contributed by atoms with E-state index in [1.807, 2.05) is 13.8 Å². The van der Waals surface area contributed by atoms with Gasteiger partial charge in [0.2, 0.25) is 0 Å². The summed E-state index contributed by atoms with van der Waals surface area (Å²) in [6.07, 6.45) is 16.6. The van der Waals surface area contributed by atoms with E-state index in [0.717, 1.165) is 44.9 Å². The molecule has 26 heavy (non-hydrogen) atoms. The number of hydrogen-bond acceptors (Lipinski definition) is 4. The van der Waals surface area contributed by atoms with Crippen molar-refractivity contribution < 1.29 is 69.5 Å². The summed E-state index contributed by atoms with van der Waals surface area (Å²) in [6.45, 7) is 3.87. The Morgan fingerprint density at radius 3 is 1.42 bits per heavy atom. The molecule has 0 aliphatic heterocycles. The molecule has 0 aliphatic rings. The topological polar surface area (TPSA) is 77.4 Å². The molecule has 0 radical (unpaired) electrons. The molecule has 0 aromatic heterocycles. The average Bonchev–Trinajstić information content (AvgIpc) is 2.53. The Morgan fingerprint density at radius 1 is 0.731 bits per heavy atom. The molecule has 1 N–H and O–H groups in total. The van der Waals surface area contributed by atoms with Crippen LogP contribution in [0.1, 0.15) is 117 Å². The van der Waals surface area contributed by atoms with Crippen LogP contribution in [0.4, 0.5) is 0 Å². The van der Waals surface area contributed by atoms with Gasteiger partial charge in [0.1, 0.15) is 0 Å². The van der Waals surface area contributed by atoms with Crippen molar-refractivity contribution in [2.45, 2.75) is 128 Å².